The molecule has 1 amide bonds. The first-order valence-electron chi connectivity index (χ1n) is 11.7. The molecule has 1 aliphatic rings. The van der Waals surface area contributed by atoms with Crippen LogP contribution in [-0.4, -0.2) is 36.1 Å². The quantitative estimate of drug-likeness (QED) is 0.356. The molecule has 0 unspecified atom stereocenters. The molecule has 9 heteroatoms. The Morgan fingerprint density at radius 1 is 1.00 bits per heavy atom. The maximum Gasteiger partial charge on any atom is 0.244 e. The summed E-state index contributed by atoms with van der Waals surface area (Å²) in [5.74, 6) is 0.769. The number of nitrogens with zero attached hydrogens (tertiary/aromatic N) is 1. The van der Waals surface area contributed by atoms with Crippen molar-refractivity contribution < 1.29 is 23.8 Å². The van der Waals surface area contributed by atoms with Crippen molar-refractivity contribution in [1.82, 2.24) is 4.57 Å². The number of hydrogen-bond acceptors (Lipinski definition) is 6. The number of anilines is 1. The van der Waals surface area contributed by atoms with Gasteiger partial charge in [0, 0.05) is 28.5 Å². The van der Waals surface area contributed by atoms with Crippen molar-refractivity contribution in [2.24, 2.45) is 0 Å². The summed E-state index contributed by atoms with van der Waals surface area (Å²) in [6, 6.07) is 16.5. The number of nitrogens with one attached hydrogen (secondary N) is 1. The fourth-order valence-electron chi connectivity index (χ4n) is 4.13. The van der Waals surface area contributed by atoms with Crippen molar-refractivity contribution in [3.05, 3.63) is 93.2 Å². The van der Waals surface area contributed by atoms with Crippen molar-refractivity contribution in [3.8, 4) is 17.2 Å². The third-order valence-electron chi connectivity index (χ3n) is 5.86. The number of carbonyl (C=O) groups excluding carboxylic acids is 2. The molecule has 0 saturated carbocycles. The van der Waals surface area contributed by atoms with Gasteiger partial charge in [0.25, 0.3) is 0 Å². The highest BCUT2D eigenvalue weighted by molar-refractivity contribution is 6.30. The highest BCUT2D eigenvalue weighted by atomic mass is 35.5. The first-order valence-corrected chi connectivity index (χ1v) is 12.1. The van der Waals surface area contributed by atoms with Gasteiger partial charge < -0.3 is 24.1 Å². The van der Waals surface area contributed by atoms with E-state index in [1.807, 2.05) is 6.92 Å². The van der Waals surface area contributed by atoms with Crippen LogP contribution in [0.5, 0.6) is 17.2 Å². The fraction of sp³-hybridized carbons (Fsp3) is 0.179. The number of ketones is 1. The highest BCUT2D eigenvalue weighted by Crippen LogP contribution is 2.34. The Morgan fingerprint density at radius 3 is 2.35 bits per heavy atom. The first kappa shape index (κ1) is 24.4. The molecule has 5 rings (SSSR count). The first-order chi connectivity index (χ1) is 17.9. The molecule has 0 atom stereocenters. The van der Waals surface area contributed by atoms with Gasteiger partial charge in [0.1, 0.15) is 25.5 Å². The summed E-state index contributed by atoms with van der Waals surface area (Å²) < 4.78 is 18.3. The van der Waals surface area contributed by atoms with E-state index in [1.54, 1.807) is 65.2 Å². The molecule has 0 saturated heterocycles. The van der Waals surface area contributed by atoms with Crippen molar-refractivity contribution >= 4 is 39.9 Å². The van der Waals surface area contributed by atoms with Gasteiger partial charge in [-0.25, -0.2) is 0 Å². The lowest BCUT2D eigenvalue weighted by atomic mass is 10.0. The molecule has 0 bridgehead atoms. The lowest BCUT2D eigenvalue weighted by Gasteiger charge is -2.20. The van der Waals surface area contributed by atoms with E-state index in [1.165, 1.54) is 6.20 Å². The van der Waals surface area contributed by atoms with Crippen molar-refractivity contribution in [3.63, 3.8) is 0 Å². The zero-order valence-electron chi connectivity index (χ0n) is 20.0. The molecular formula is C28H23ClN2O6. The van der Waals surface area contributed by atoms with Crippen LogP contribution in [0.3, 0.4) is 0 Å². The SMILES string of the molecule is CCOc1ccc(NC(=O)Cn2cc(C(=O)c3ccc(Cl)cc3)c(=O)c3cc4c(cc32)OCCO4)cc1. The molecular weight excluding hydrogens is 496 g/mol. The number of amides is 1. The van der Waals surface area contributed by atoms with Crippen molar-refractivity contribution in [2.75, 3.05) is 25.1 Å². The molecule has 37 heavy (non-hydrogen) atoms. The molecule has 0 fully saturated rings. The van der Waals surface area contributed by atoms with Crippen LogP contribution in [0.2, 0.25) is 5.02 Å². The number of halogens is 1. The Balaban J connectivity index is 1.54. The summed E-state index contributed by atoms with van der Waals surface area (Å²) in [5.41, 5.74) is 0.813. The third kappa shape index (κ3) is 5.15. The number of ether oxygens (including phenoxy) is 3. The lowest BCUT2D eigenvalue weighted by Crippen LogP contribution is -2.25. The molecule has 0 radical (unpaired) electrons. The molecule has 0 spiro atoms. The molecule has 0 aliphatic carbocycles. The normalized spacial score (nSPS) is 12.3. The molecule has 2 heterocycles. The van der Waals surface area contributed by atoms with Gasteiger partial charge in [-0.1, -0.05) is 11.6 Å². The smallest absolute Gasteiger partial charge is 0.244 e. The Bertz CT molecular complexity index is 1540. The monoisotopic (exact) mass is 518 g/mol. The van der Waals surface area contributed by atoms with Gasteiger partial charge in [0.05, 0.1) is 23.1 Å². The summed E-state index contributed by atoms with van der Waals surface area (Å²) in [5, 5.41) is 3.56. The fourth-order valence-corrected chi connectivity index (χ4v) is 4.26. The van der Waals surface area contributed by atoms with Crippen LogP contribution in [0.4, 0.5) is 5.69 Å². The zero-order chi connectivity index (χ0) is 25.9. The summed E-state index contributed by atoms with van der Waals surface area (Å²) in [7, 11) is 0. The van der Waals surface area contributed by atoms with E-state index in [9.17, 15) is 14.4 Å². The second kappa shape index (κ2) is 10.4. The number of pyridine rings is 1. The molecule has 1 aliphatic heterocycles. The predicted molar refractivity (Wildman–Crippen MR) is 140 cm³/mol. The largest absolute Gasteiger partial charge is 0.494 e. The number of fused-ring (bicyclic) bond motifs is 2. The summed E-state index contributed by atoms with van der Waals surface area (Å²) in [6.07, 6.45) is 1.41. The minimum Gasteiger partial charge on any atom is -0.494 e. The van der Waals surface area contributed by atoms with E-state index in [0.717, 1.165) is 0 Å². The molecule has 188 valence electrons. The number of rotatable bonds is 7. The van der Waals surface area contributed by atoms with E-state index in [2.05, 4.69) is 5.32 Å². The van der Waals surface area contributed by atoms with Gasteiger partial charge >= 0.3 is 0 Å². The van der Waals surface area contributed by atoms with Crippen LogP contribution in [0.1, 0.15) is 22.8 Å². The molecule has 3 aromatic carbocycles. The Morgan fingerprint density at radius 2 is 1.68 bits per heavy atom. The van der Waals surface area contributed by atoms with Crippen LogP contribution in [-0.2, 0) is 11.3 Å². The van der Waals surface area contributed by atoms with Crippen LogP contribution >= 0.6 is 11.6 Å². The van der Waals surface area contributed by atoms with E-state index in [4.69, 9.17) is 25.8 Å². The molecule has 1 N–H and O–H groups in total. The minimum absolute atomic E-state index is 0.0691. The number of benzene rings is 3. The average molecular weight is 519 g/mol. The van der Waals surface area contributed by atoms with Gasteiger partial charge in [-0.15, -0.1) is 0 Å². The van der Waals surface area contributed by atoms with E-state index >= 15 is 0 Å². The standard InChI is InChI=1S/C28H23ClN2O6/c1-2-35-20-9-7-19(8-10-20)30-26(32)16-31-15-22(27(33)17-3-5-18(29)6-4-17)28(34)21-13-24-25(14-23(21)31)37-12-11-36-24/h3-10,13-15H,2,11-12,16H2,1H3,(H,30,32). The van der Waals surface area contributed by atoms with Gasteiger partial charge in [-0.2, -0.15) is 0 Å². The van der Waals surface area contributed by atoms with Gasteiger partial charge in [-0.3, -0.25) is 14.4 Å². The van der Waals surface area contributed by atoms with E-state index < -0.39 is 11.2 Å². The van der Waals surface area contributed by atoms with Crippen molar-refractivity contribution in [2.45, 2.75) is 13.5 Å². The summed E-state index contributed by atoms with van der Waals surface area (Å²) in [4.78, 5) is 39.7. The van der Waals surface area contributed by atoms with Gasteiger partial charge in [-0.05, 0) is 61.5 Å². The summed E-state index contributed by atoms with van der Waals surface area (Å²) in [6.45, 7) is 3.00. The predicted octanol–water partition coefficient (Wildman–Crippen LogP) is 4.69. The molecule has 4 aromatic rings. The third-order valence-corrected chi connectivity index (χ3v) is 6.11. The number of carbonyl (C=O) groups is 2. The molecule has 8 nitrogen and oxygen atoms in total. The highest BCUT2D eigenvalue weighted by Gasteiger charge is 2.22. The second-order valence-corrected chi connectivity index (χ2v) is 8.79. The van der Waals surface area contributed by atoms with E-state index in [-0.39, 0.29) is 23.4 Å². The minimum atomic E-state index is -0.473. The zero-order valence-corrected chi connectivity index (χ0v) is 20.7. The Hall–Kier alpha value is -4.30. The van der Waals surface area contributed by atoms with Crippen molar-refractivity contribution in [1.29, 1.82) is 0 Å². The number of hydrogen-bond donors (Lipinski definition) is 1. The van der Waals surface area contributed by atoms with Gasteiger partial charge in [0.15, 0.2) is 17.3 Å². The van der Waals surface area contributed by atoms with Crippen LogP contribution in [0.15, 0.2) is 71.7 Å². The average Bonchev–Trinajstić information content (AvgIpc) is 2.91. The van der Waals surface area contributed by atoms with Crippen LogP contribution < -0.4 is 25.0 Å². The lowest BCUT2D eigenvalue weighted by molar-refractivity contribution is -0.116. The Labute approximate surface area is 217 Å². The Kier molecular flexibility index (Phi) is 6.83. The van der Waals surface area contributed by atoms with E-state index in [0.29, 0.717) is 58.9 Å². The topological polar surface area (TPSA) is 95.9 Å². The van der Waals surface area contributed by atoms with Gasteiger partial charge in [0.2, 0.25) is 11.3 Å². The second-order valence-electron chi connectivity index (χ2n) is 8.35. The number of aromatic nitrogens is 1. The van der Waals surface area contributed by atoms with Crippen LogP contribution in [0, 0.1) is 0 Å². The van der Waals surface area contributed by atoms with Crippen LogP contribution in [0.25, 0.3) is 10.9 Å². The summed E-state index contributed by atoms with van der Waals surface area (Å²) >= 11 is 5.96. The maximum absolute atomic E-state index is 13.4. The maximum atomic E-state index is 13.4. The molecule has 1 aromatic heterocycles.